The van der Waals surface area contributed by atoms with Crippen LogP contribution in [0.3, 0.4) is 0 Å². The number of rotatable bonds is 4. The molecule has 11 heteroatoms. The van der Waals surface area contributed by atoms with Crippen LogP contribution in [-0.2, 0) is 0 Å². The lowest BCUT2D eigenvalue weighted by Gasteiger charge is -2.11. The summed E-state index contributed by atoms with van der Waals surface area (Å²) in [5, 5.41) is 14.5. The minimum Gasteiger partial charge on any atom is -0.507 e. The summed E-state index contributed by atoms with van der Waals surface area (Å²) < 4.78 is 68.3. The van der Waals surface area contributed by atoms with Gasteiger partial charge in [-0.05, 0) is 23.8 Å². The van der Waals surface area contributed by atoms with Gasteiger partial charge < -0.3 is 16.2 Å². The fourth-order valence-corrected chi connectivity index (χ4v) is 3.87. The monoisotopic (exact) mass is 483 g/mol. The van der Waals surface area contributed by atoms with E-state index in [0.717, 1.165) is 16.7 Å². The van der Waals surface area contributed by atoms with E-state index in [-0.39, 0.29) is 21.6 Å². The van der Waals surface area contributed by atoms with Crippen molar-refractivity contribution in [2.24, 2.45) is 0 Å². The maximum Gasteiger partial charge on any atom is 0.200 e. The van der Waals surface area contributed by atoms with Gasteiger partial charge in [0.25, 0.3) is 0 Å². The third-order valence-electron chi connectivity index (χ3n) is 4.52. The zero-order chi connectivity index (χ0) is 23.2. The molecule has 0 bridgehead atoms. The number of hydrogen-bond acceptors (Lipinski definition) is 5. The number of nitrogens with two attached hydrogens (primary N) is 1. The Morgan fingerprint density at radius 2 is 1.50 bits per heavy atom. The van der Waals surface area contributed by atoms with E-state index in [2.05, 4.69) is 10.3 Å². The van der Waals surface area contributed by atoms with Crippen LogP contribution in [0.25, 0.3) is 22.4 Å². The number of aromatic nitrogens is 1. The van der Waals surface area contributed by atoms with E-state index in [9.17, 15) is 27.1 Å². The van der Waals surface area contributed by atoms with Crippen LogP contribution < -0.4 is 11.1 Å². The minimum absolute atomic E-state index is 0.0467. The molecule has 0 saturated heterocycles. The molecule has 0 spiro atoms. The number of thiazole rings is 1. The molecule has 0 fully saturated rings. The van der Waals surface area contributed by atoms with Crippen LogP contribution in [0.1, 0.15) is 0 Å². The van der Waals surface area contributed by atoms with Gasteiger partial charge in [-0.3, -0.25) is 0 Å². The second-order valence-electron chi connectivity index (χ2n) is 6.58. The van der Waals surface area contributed by atoms with Crippen molar-refractivity contribution in [2.45, 2.75) is 0 Å². The number of halogens is 6. The molecule has 0 aliphatic rings. The highest BCUT2D eigenvalue weighted by atomic mass is 35.5. The average molecular weight is 484 g/mol. The van der Waals surface area contributed by atoms with Gasteiger partial charge in [-0.25, -0.2) is 26.9 Å². The summed E-state index contributed by atoms with van der Waals surface area (Å²) in [6, 6.07) is 9.52. The Bertz CT molecular complexity index is 1320. The molecule has 4 aromatic rings. The van der Waals surface area contributed by atoms with E-state index in [1.54, 1.807) is 24.3 Å². The topological polar surface area (TPSA) is 71.2 Å². The smallest absolute Gasteiger partial charge is 0.200 e. The number of anilines is 3. The molecule has 0 aliphatic carbocycles. The average Bonchev–Trinajstić information content (AvgIpc) is 3.22. The van der Waals surface area contributed by atoms with Crippen molar-refractivity contribution in [3.63, 3.8) is 0 Å². The fourth-order valence-electron chi connectivity index (χ4n) is 2.94. The third-order valence-corrected chi connectivity index (χ3v) is 5.59. The summed E-state index contributed by atoms with van der Waals surface area (Å²) in [4.78, 5) is 3.89. The van der Waals surface area contributed by atoms with Gasteiger partial charge in [0.2, 0.25) is 5.82 Å². The third kappa shape index (κ3) is 3.82. The lowest BCUT2D eigenvalue weighted by molar-refractivity contribution is 0.381. The number of phenols is 1. The normalized spacial score (nSPS) is 11.1. The van der Waals surface area contributed by atoms with Gasteiger partial charge in [0.1, 0.15) is 5.75 Å². The van der Waals surface area contributed by atoms with Crippen LogP contribution in [0.15, 0.2) is 41.8 Å². The molecule has 0 atom stereocenters. The van der Waals surface area contributed by atoms with E-state index >= 15 is 0 Å². The molecule has 4 nitrogen and oxygen atoms in total. The van der Waals surface area contributed by atoms with Crippen molar-refractivity contribution in [3.8, 4) is 28.1 Å². The van der Waals surface area contributed by atoms with Crippen LogP contribution in [0, 0.1) is 29.1 Å². The number of benzene rings is 3. The minimum atomic E-state index is -2.25. The SMILES string of the molecule is Nc1ccc(-c2cc(Cl)c(Nc3nc(-c4c(F)c(F)c(F)c(F)c4F)cs3)cc2O)cc1. The van der Waals surface area contributed by atoms with Crippen molar-refractivity contribution in [1.29, 1.82) is 0 Å². The number of aromatic hydroxyl groups is 1. The summed E-state index contributed by atoms with van der Waals surface area (Å²) in [6.07, 6.45) is 0. The van der Waals surface area contributed by atoms with Gasteiger partial charge in [0.15, 0.2) is 28.4 Å². The summed E-state index contributed by atoms with van der Waals surface area (Å²) in [7, 11) is 0. The largest absolute Gasteiger partial charge is 0.507 e. The van der Waals surface area contributed by atoms with Gasteiger partial charge in [-0.1, -0.05) is 23.7 Å². The zero-order valence-electron chi connectivity index (χ0n) is 15.7. The van der Waals surface area contributed by atoms with Crippen LogP contribution >= 0.6 is 22.9 Å². The Morgan fingerprint density at radius 1 is 0.906 bits per heavy atom. The molecule has 1 heterocycles. The van der Waals surface area contributed by atoms with E-state index in [1.807, 2.05) is 0 Å². The van der Waals surface area contributed by atoms with E-state index in [1.165, 1.54) is 12.1 Å². The number of nitrogens with one attached hydrogen (secondary N) is 1. The highest BCUT2D eigenvalue weighted by Gasteiger charge is 2.28. The van der Waals surface area contributed by atoms with Gasteiger partial charge >= 0.3 is 0 Å². The molecule has 3 aromatic carbocycles. The highest BCUT2D eigenvalue weighted by molar-refractivity contribution is 7.14. The zero-order valence-corrected chi connectivity index (χ0v) is 17.3. The Hall–Kier alpha value is -3.37. The molecule has 0 amide bonds. The molecule has 164 valence electrons. The summed E-state index contributed by atoms with van der Waals surface area (Å²) >= 11 is 7.12. The lowest BCUT2D eigenvalue weighted by atomic mass is 10.0. The molecule has 0 aliphatic heterocycles. The summed E-state index contributed by atoms with van der Waals surface area (Å²) in [6.45, 7) is 0. The van der Waals surface area contributed by atoms with Gasteiger partial charge in [0, 0.05) is 22.7 Å². The molecule has 0 saturated carbocycles. The van der Waals surface area contributed by atoms with Crippen molar-refractivity contribution in [2.75, 3.05) is 11.1 Å². The van der Waals surface area contributed by atoms with Crippen molar-refractivity contribution < 1.29 is 27.1 Å². The molecule has 32 heavy (non-hydrogen) atoms. The number of nitrogen functional groups attached to an aromatic ring is 1. The van der Waals surface area contributed by atoms with E-state index in [0.29, 0.717) is 16.8 Å². The van der Waals surface area contributed by atoms with Gasteiger partial charge in [0.05, 0.1) is 22.0 Å². The van der Waals surface area contributed by atoms with E-state index in [4.69, 9.17) is 17.3 Å². The molecular formula is C21H11ClF5N3OS. The first-order valence-electron chi connectivity index (χ1n) is 8.80. The Morgan fingerprint density at radius 3 is 2.12 bits per heavy atom. The number of hydrogen-bond donors (Lipinski definition) is 3. The van der Waals surface area contributed by atoms with Crippen molar-refractivity contribution in [1.82, 2.24) is 4.98 Å². The van der Waals surface area contributed by atoms with Crippen LogP contribution in [0.2, 0.25) is 5.02 Å². The number of nitrogens with zero attached hydrogens (tertiary/aromatic N) is 1. The summed E-state index contributed by atoms with van der Waals surface area (Å²) in [5.41, 5.74) is 5.91. The lowest BCUT2D eigenvalue weighted by Crippen LogP contribution is -2.04. The second kappa shape index (κ2) is 8.29. The Kier molecular flexibility index (Phi) is 5.66. The first-order valence-corrected chi connectivity index (χ1v) is 10.1. The quantitative estimate of drug-likeness (QED) is 0.128. The van der Waals surface area contributed by atoms with Crippen LogP contribution in [0.4, 0.5) is 38.5 Å². The number of phenolic OH excluding ortho intramolecular Hbond substituents is 1. The van der Waals surface area contributed by atoms with E-state index < -0.39 is 40.3 Å². The molecule has 4 N–H and O–H groups in total. The molecule has 0 radical (unpaired) electrons. The second-order valence-corrected chi connectivity index (χ2v) is 7.84. The van der Waals surface area contributed by atoms with Crippen molar-refractivity contribution >= 4 is 39.4 Å². The molecular weight excluding hydrogens is 473 g/mol. The molecule has 1 aromatic heterocycles. The van der Waals surface area contributed by atoms with Crippen LogP contribution in [0.5, 0.6) is 5.75 Å². The highest BCUT2D eigenvalue weighted by Crippen LogP contribution is 2.39. The maximum absolute atomic E-state index is 14.0. The van der Waals surface area contributed by atoms with Gasteiger partial charge in [-0.15, -0.1) is 11.3 Å². The first kappa shape index (κ1) is 21.8. The maximum atomic E-state index is 14.0. The summed E-state index contributed by atoms with van der Waals surface area (Å²) in [5.74, 6) is -10.5. The van der Waals surface area contributed by atoms with Crippen molar-refractivity contribution in [3.05, 3.63) is 75.9 Å². The molecule has 4 rings (SSSR count). The Labute approximate surface area is 186 Å². The Balaban J connectivity index is 1.66. The first-order chi connectivity index (χ1) is 15.2. The molecule has 0 unspecified atom stereocenters. The van der Waals surface area contributed by atoms with Gasteiger partial charge in [-0.2, -0.15) is 0 Å². The van der Waals surface area contributed by atoms with Crippen LogP contribution in [-0.4, -0.2) is 10.1 Å². The predicted molar refractivity (Wildman–Crippen MR) is 114 cm³/mol. The standard InChI is InChI=1S/C21H11ClF5N3OS/c22-11-5-10(8-1-3-9(28)4-2-8)14(31)6-12(11)29-21-30-13(7-32-21)15-16(23)18(25)20(27)19(26)17(15)24/h1-7,31H,28H2,(H,29,30). The predicted octanol–water partition coefficient (Wildman–Crippen LogP) is 6.86. The fraction of sp³-hybridized carbons (Fsp3) is 0.